The summed E-state index contributed by atoms with van der Waals surface area (Å²) in [4.78, 5) is 45.3. The smallest absolute Gasteiger partial charge is 0.268 e. The Bertz CT molecular complexity index is 1460. The fraction of sp³-hybridized carbons (Fsp3) is 0.345. The summed E-state index contributed by atoms with van der Waals surface area (Å²) >= 11 is 0. The van der Waals surface area contributed by atoms with Crippen molar-refractivity contribution >= 4 is 42.2 Å². The van der Waals surface area contributed by atoms with Crippen molar-refractivity contribution in [1.29, 1.82) is 0 Å². The third-order valence-corrected chi connectivity index (χ3v) is 7.40. The van der Waals surface area contributed by atoms with Gasteiger partial charge in [0.2, 0.25) is 11.8 Å². The number of rotatable bonds is 5. The van der Waals surface area contributed by atoms with Gasteiger partial charge in [0.1, 0.15) is 19.6 Å². The number of carbonyl (C=O) groups excluding carboxylic acids is 3. The van der Waals surface area contributed by atoms with E-state index in [-0.39, 0.29) is 29.6 Å². The van der Waals surface area contributed by atoms with Gasteiger partial charge in [0, 0.05) is 23.1 Å². The van der Waals surface area contributed by atoms with Crippen molar-refractivity contribution < 1.29 is 14.4 Å². The Labute approximate surface area is 217 Å². The summed E-state index contributed by atoms with van der Waals surface area (Å²) in [6.45, 7) is 6.21. The van der Waals surface area contributed by atoms with Crippen LogP contribution in [0.25, 0.3) is 10.9 Å². The molecule has 0 bridgehead atoms. The fourth-order valence-corrected chi connectivity index (χ4v) is 5.63. The zero-order valence-electron chi connectivity index (χ0n) is 21.6. The molecule has 3 aromatic rings. The first kappa shape index (κ1) is 24.7. The number of carbonyl (C=O) groups is 3. The second kappa shape index (κ2) is 8.84. The van der Waals surface area contributed by atoms with Crippen molar-refractivity contribution in [1.82, 2.24) is 15.2 Å². The van der Waals surface area contributed by atoms with E-state index in [9.17, 15) is 14.4 Å². The number of benzene rings is 2. The molecule has 1 spiro atoms. The minimum Gasteiger partial charge on any atom is -0.351 e. The van der Waals surface area contributed by atoms with Gasteiger partial charge in [0.25, 0.3) is 5.91 Å². The Kier molecular flexibility index (Phi) is 5.90. The maximum atomic E-state index is 14.0. The van der Waals surface area contributed by atoms with Crippen molar-refractivity contribution in [3.05, 3.63) is 65.4 Å². The van der Waals surface area contributed by atoms with Crippen LogP contribution in [-0.2, 0) is 15.0 Å². The number of amides is 3. The van der Waals surface area contributed by atoms with Crippen LogP contribution in [0.4, 0.5) is 5.69 Å². The zero-order valence-corrected chi connectivity index (χ0v) is 21.6. The number of likely N-dealkylation sites (tertiary alicyclic amines) is 1. The molecule has 2 aliphatic heterocycles. The van der Waals surface area contributed by atoms with Gasteiger partial charge < -0.3 is 20.5 Å². The summed E-state index contributed by atoms with van der Waals surface area (Å²) in [6.07, 6.45) is 6.65. The Balaban J connectivity index is 1.44. The van der Waals surface area contributed by atoms with Crippen LogP contribution in [0.1, 0.15) is 48.3 Å². The van der Waals surface area contributed by atoms with E-state index >= 15 is 0 Å². The highest BCUT2D eigenvalue weighted by Crippen LogP contribution is 2.46. The van der Waals surface area contributed by atoms with Gasteiger partial charge >= 0.3 is 0 Å². The molecule has 3 atom stereocenters. The Morgan fingerprint density at radius 3 is 2.76 bits per heavy atom. The second-order valence-corrected chi connectivity index (χ2v) is 11.5. The van der Waals surface area contributed by atoms with Crippen molar-refractivity contribution in [3.63, 3.8) is 0 Å². The number of aryl methyl sites for hydroxylation is 1. The normalized spacial score (nSPS) is 21.5. The molecule has 5 rings (SSSR count). The summed E-state index contributed by atoms with van der Waals surface area (Å²) in [7, 11) is 2.02. The lowest BCUT2D eigenvalue weighted by molar-refractivity contribution is -0.134. The van der Waals surface area contributed by atoms with E-state index in [1.165, 1.54) is 0 Å². The monoisotopic (exact) mass is 494 g/mol. The van der Waals surface area contributed by atoms with E-state index in [1.807, 2.05) is 71.1 Å². The molecule has 2 unspecified atom stereocenters. The largest absolute Gasteiger partial charge is 0.351 e. The number of aromatic amines is 1. The number of terminal acetylenes is 1. The average Bonchev–Trinajstić information content (AvgIpc) is 3.51. The minimum atomic E-state index is -0.894. The van der Waals surface area contributed by atoms with Gasteiger partial charge in [-0.25, -0.2) is 0 Å². The molecule has 3 heterocycles. The van der Waals surface area contributed by atoms with Gasteiger partial charge in [-0.2, -0.15) is 0 Å². The molecule has 188 valence electrons. The molecule has 0 aliphatic carbocycles. The summed E-state index contributed by atoms with van der Waals surface area (Å²) in [5.74, 6) is 1.96. The first-order chi connectivity index (χ1) is 17.5. The summed E-state index contributed by atoms with van der Waals surface area (Å²) in [5.41, 5.74) is 3.06. The quantitative estimate of drug-likeness (QED) is 0.376. The number of fused-ring (bicyclic) bond motifs is 3. The molecular formula is C29H31BN4O3. The van der Waals surface area contributed by atoms with Gasteiger partial charge in [0.15, 0.2) is 0 Å². The molecular weight excluding hydrogens is 463 g/mol. The Hall–Kier alpha value is -3.99. The van der Waals surface area contributed by atoms with Crippen molar-refractivity contribution in [3.8, 4) is 12.3 Å². The number of anilines is 1. The molecule has 37 heavy (non-hydrogen) atoms. The van der Waals surface area contributed by atoms with Gasteiger partial charge in [-0.1, -0.05) is 55.4 Å². The van der Waals surface area contributed by atoms with E-state index in [4.69, 9.17) is 6.42 Å². The predicted octanol–water partition coefficient (Wildman–Crippen LogP) is 2.92. The minimum absolute atomic E-state index is 0.144. The van der Waals surface area contributed by atoms with E-state index in [2.05, 4.69) is 21.5 Å². The Morgan fingerprint density at radius 1 is 1.27 bits per heavy atom. The highest BCUT2D eigenvalue weighted by molar-refractivity contribution is 6.15. The van der Waals surface area contributed by atoms with E-state index in [0.29, 0.717) is 18.5 Å². The molecule has 2 aromatic carbocycles. The van der Waals surface area contributed by atoms with Crippen molar-refractivity contribution in [2.75, 3.05) is 11.9 Å². The lowest BCUT2D eigenvalue weighted by Gasteiger charge is -2.31. The predicted molar refractivity (Wildman–Crippen MR) is 147 cm³/mol. The molecule has 3 amide bonds. The third-order valence-electron chi connectivity index (χ3n) is 7.40. The van der Waals surface area contributed by atoms with Gasteiger partial charge in [-0.05, 0) is 49.1 Å². The molecule has 3 N–H and O–H groups in total. The molecule has 7 nitrogen and oxygen atoms in total. The van der Waals surface area contributed by atoms with Crippen molar-refractivity contribution in [2.24, 2.45) is 0 Å². The van der Waals surface area contributed by atoms with Gasteiger partial charge in [0.05, 0.1) is 11.5 Å². The number of hydrogen-bond acceptors (Lipinski definition) is 3. The van der Waals surface area contributed by atoms with Crippen LogP contribution in [0, 0.1) is 19.3 Å². The maximum Gasteiger partial charge on any atom is 0.268 e. The van der Waals surface area contributed by atoms with Crippen LogP contribution in [0.15, 0.2) is 48.5 Å². The zero-order chi connectivity index (χ0) is 26.5. The summed E-state index contributed by atoms with van der Waals surface area (Å²) in [5, 5.41) is 6.60. The first-order valence-electron chi connectivity index (χ1n) is 12.6. The maximum absolute atomic E-state index is 14.0. The molecule has 2 aliphatic rings. The van der Waals surface area contributed by atoms with Gasteiger partial charge in [-0.3, -0.25) is 14.4 Å². The van der Waals surface area contributed by atoms with E-state index in [0.717, 1.165) is 27.7 Å². The lowest BCUT2D eigenvalue weighted by atomic mass is 9.68. The molecule has 1 aromatic heterocycles. The molecule has 0 radical (unpaired) electrons. The average molecular weight is 494 g/mol. The standard InChI is InChI=1S/C29H31BN4O3/c1-5-19-14-29(20-8-6-7-9-21(20)33-27(29)37)16-34(19)26(36)24(15-28(3,4)30)32-25(35)23-13-18-11-10-17(2)12-22(18)31-23/h1,6-13,19,24,31H,14-16,30H2,2-4H3,(H,32,35)(H,33,37)/t19?,24?,29-/m0/s1. The molecule has 1 saturated heterocycles. The highest BCUT2D eigenvalue weighted by Gasteiger charge is 2.56. The summed E-state index contributed by atoms with van der Waals surface area (Å²) < 4.78 is 0. The van der Waals surface area contributed by atoms with Crippen molar-refractivity contribution in [2.45, 2.75) is 56.4 Å². The number of nitrogens with zero attached hydrogens (tertiary/aromatic N) is 1. The number of para-hydroxylation sites is 1. The van der Waals surface area contributed by atoms with Crippen LogP contribution in [0.5, 0.6) is 0 Å². The molecule has 0 saturated carbocycles. The van der Waals surface area contributed by atoms with Crippen LogP contribution < -0.4 is 10.6 Å². The topological polar surface area (TPSA) is 94.3 Å². The SMILES string of the molecule is BC(C)(C)CC(NC(=O)c1cc2ccc(C)cc2[nH]1)C(=O)N1C[C@]2(CC1C#C)C(=O)Nc1ccccc12. The Morgan fingerprint density at radius 2 is 2.03 bits per heavy atom. The number of H-pyrrole nitrogens is 1. The second-order valence-electron chi connectivity index (χ2n) is 11.5. The number of aromatic nitrogens is 1. The van der Waals surface area contributed by atoms with Crippen LogP contribution >= 0.6 is 0 Å². The first-order valence-corrected chi connectivity index (χ1v) is 12.6. The highest BCUT2D eigenvalue weighted by atomic mass is 16.2. The number of nitrogens with one attached hydrogen (secondary N) is 3. The fourth-order valence-electron chi connectivity index (χ4n) is 5.63. The lowest BCUT2D eigenvalue weighted by Crippen LogP contribution is -2.51. The van der Waals surface area contributed by atoms with Crippen LogP contribution in [0.3, 0.4) is 0 Å². The van der Waals surface area contributed by atoms with Gasteiger partial charge in [-0.15, -0.1) is 6.42 Å². The molecule has 1 fully saturated rings. The van der Waals surface area contributed by atoms with Crippen LogP contribution in [0.2, 0.25) is 5.31 Å². The third kappa shape index (κ3) is 4.39. The van der Waals surface area contributed by atoms with E-state index < -0.39 is 17.5 Å². The molecule has 8 heteroatoms. The summed E-state index contributed by atoms with van der Waals surface area (Å²) in [6, 6.07) is 13.9. The van der Waals surface area contributed by atoms with E-state index in [1.54, 1.807) is 11.0 Å². The van der Waals surface area contributed by atoms with Crippen LogP contribution in [-0.4, -0.2) is 54.1 Å². The number of hydrogen-bond donors (Lipinski definition) is 3.